The fourth-order valence-corrected chi connectivity index (χ4v) is 2.92. The highest BCUT2D eigenvalue weighted by Gasteiger charge is 2.34. The minimum atomic E-state index is -0.806. The van der Waals surface area contributed by atoms with Crippen molar-refractivity contribution in [2.75, 3.05) is 13.1 Å². The van der Waals surface area contributed by atoms with E-state index in [0.717, 1.165) is 25.2 Å². The molecule has 4 heteroatoms. The van der Waals surface area contributed by atoms with Gasteiger partial charge in [0.2, 0.25) is 0 Å². The summed E-state index contributed by atoms with van der Waals surface area (Å²) in [6, 6.07) is 1.92. The van der Waals surface area contributed by atoms with Gasteiger partial charge >= 0.3 is 5.97 Å². The standard InChI is InChI=1S/C11H15NO2S/c1-11(2)6-12(7-11)5-8-3-4-15-9(8)10(13)14/h3-4H,5-7H2,1-2H3,(H,13,14). The van der Waals surface area contributed by atoms with E-state index >= 15 is 0 Å². The molecule has 1 aromatic rings. The first-order valence-corrected chi connectivity index (χ1v) is 5.88. The summed E-state index contributed by atoms with van der Waals surface area (Å²) in [5.41, 5.74) is 1.35. The highest BCUT2D eigenvalue weighted by molar-refractivity contribution is 7.12. The van der Waals surface area contributed by atoms with Crippen LogP contribution in [0.25, 0.3) is 0 Å². The van der Waals surface area contributed by atoms with Crippen LogP contribution >= 0.6 is 11.3 Å². The molecule has 0 unspecified atom stereocenters. The van der Waals surface area contributed by atoms with Crippen molar-refractivity contribution in [3.05, 3.63) is 21.9 Å². The average molecular weight is 225 g/mol. The van der Waals surface area contributed by atoms with Crippen molar-refractivity contribution in [2.24, 2.45) is 5.41 Å². The number of carbonyl (C=O) groups is 1. The average Bonchev–Trinajstić information content (AvgIpc) is 2.48. The second-order valence-electron chi connectivity index (χ2n) is 4.89. The van der Waals surface area contributed by atoms with E-state index in [2.05, 4.69) is 18.7 Å². The van der Waals surface area contributed by atoms with Crippen molar-refractivity contribution in [2.45, 2.75) is 20.4 Å². The third-order valence-electron chi connectivity index (χ3n) is 2.64. The largest absolute Gasteiger partial charge is 0.477 e. The van der Waals surface area contributed by atoms with Crippen LogP contribution in [0.5, 0.6) is 0 Å². The van der Waals surface area contributed by atoms with Crippen molar-refractivity contribution in [3.8, 4) is 0 Å². The molecule has 0 amide bonds. The molecule has 82 valence electrons. The summed E-state index contributed by atoms with van der Waals surface area (Å²) in [6.07, 6.45) is 0. The Kier molecular flexibility index (Phi) is 2.56. The number of carboxylic acid groups (broad SMARTS) is 1. The molecule has 3 nitrogen and oxygen atoms in total. The minimum Gasteiger partial charge on any atom is -0.477 e. The Morgan fingerprint density at radius 3 is 2.80 bits per heavy atom. The van der Waals surface area contributed by atoms with Gasteiger partial charge in [0.05, 0.1) is 0 Å². The SMILES string of the molecule is CC1(C)CN(Cc2ccsc2C(=O)O)C1. The van der Waals surface area contributed by atoms with Crippen LogP contribution in [0.15, 0.2) is 11.4 Å². The zero-order valence-corrected chi connectivity index (χ0v) is 9.80. The molecule has 15 heavy (non-hydrogen) atoms. The van der Waals surface area contributed by atoms with Crippen molar-refractivity contribution >= 4 is 17.3 Å². The van der Waals surface area contributed by atoms with Gasteiger partial charge in [0.25, 0.3) is 0 Å². The van der Waals surface area contributed by atoms with Crippen LogP contribution in [0.4, 0.5) is 0 Å². The van der Waals surface area contributed by atoms with Crippen LogP contribution in [0.2, 0.25) is 0 Å². The molecule has 1 N–H and O–H groups in total. The molecule has 1 fully saturated rings. The summed E-state index contributed by atoms with van der Waals surface area (Å²) < 4.78 is 0. The van der Waals surface area contributed by atoms with Crippen molar-refractivity contribution in [1.29, 1.82) is 0 Å². The summed E-state index contributed by atoms with van der Waals surface area (Å²) in [7, 11) is 0. The maximum atomic E-state index is 10.9. The Labute approximate surface area is 93.3 Å². The molecule has 0 spiro atoms. The Bertz CT molecular complexity index is 376. The Balaban J connectivity index is 2.00. The normalized spacial score (nSPS) is 19.9. The van der Waals surface area contributed by atoms with Crippen LogP contribution in [-0.2, 0) is 6.54 Å². The summed E-state index contributed by atoms with van der Waals surface area (Å²) in [5.74, 6) is -0.806. The number of hydrogen-bond donors (Lipinski definition) is 1. The van der Waals surface area contributed by atoms with Gasteiger partial charge in [-0.2, -0.15) is 0 Å². The van der Waals surface area contributed by atoms with E-state index < -0.39 is 5.97 Å². The number of rotatable bonds is 3. The van der Waals surface area contributed by atoms with Crippen LogP contribution in [0.1, 0.15) is 29.1 Å². The van der Waals surface area contributed by atoms with Crippen LogP contribution in [-0.4, -0.2) is 29.1 Å². The molecule has 0 aliphatic carbocycles. The maximum absolute atomic E-state index is 10.9. The van der Waals surface area contributed by atoms with Gasteiger partial charge in [-0.05, 0) is 22.4 Å². The van der Waals surface area contributed by atoms with E-state index in [4.69, 9.17) is 5.11 Å². The molecule has 0 bridgehead atoms. The second-order valence-corrected chi connectivity index (χ2v) is 5.81. The first-order valence-electron chi connectivity index (χ1n) is 5.00. The summed E-state index contributed by atoms with van der Waals surface area (Å²) >= 11 is 1.31. The Hall–Kier alpha value is -0.870. The Morgan fingerprint density at radius 2 is 2.27 bits per heavy atom. The quantitative estimate of drug-likeness (QED) is 0.858. The summed E-state index contributed by atoms with van der Waals surface area (Å²) in [5, 5.41) is 10.8. The zero-order valence-electron chi connectivity index (χ0n) is 8.99. The molecule has 2 rings (SSSR count). The molecular formula is C11H15NO2S. The van der Waals surface area contributed by atoms with Crippen LogP contribution in [0.3, 0.4) is 0 Å². The predicted octanol–water partition coefficient (Wildman–Crippen LogP) is 2.29. The molecule has 0 saturated carbocycles. The summed E-state index contributed by atoms with van der Waals surface area (Å²) in [4.78, 5) is 13.7. The number of thiophene rings is 1. The monoisotopic (exact) mass is 225 g/mol. The predicted molar refractivity (Wildman–Crippen MR) is 60.3 cm³/mol. The molecule has 1 aromatic heterocycles. The number of nitrogens with zero attached hydrogens (tertiary/aromatic N) is 1. The van der Waals surface area contributed by atoms with E-state index in [0.29, 0.717) is 10.3 Å². The number of aromatic carboxylic acids is 1. The molecule has 0 atom stereocenters. The van der Waals surface area contributed by atoms with E-state index in [1.807, 2.05) is 11.4 Å². The van der Waals surface area contributed by atoms with Gasteiger partial charge in [-0.3, -0.25) is 4.90 Å². The number of hydrogen-bond acceptors (Lipinski definition) is 3. The fraction of sp³-hybridized carbons (Fsp3) is 0.545. The molecule has 0 radical (unpaired) electrons. The highest BCUT2D eigenvalue weighted by Crippen LogP contribution is 2.31. The van der Waals surface area contributed by atoms with Crippen molar-refractivity contribution < 1.29 is 9.90 Å². The first kappa shape index (κ1) is 10.6. The van der Waals surface area contributed by atoms with Gasteiger partial charge in [0.15, 0.2) is 0 Å². The van der Waals surface area contributed by atoms with Crippen molar-refractivity contribution in [1.82, 2.24) is 4.90 Å². The Morgan fingerprint density at radius 1 is 1.60 bits per heavy atom. The van der Waals surface area contributed by atoms with E-state index in [1.165, 1.54) is 11.3 Å². The molecule has 2 heterocycles. The van der Waals surface area contributed by atoms with Gasteiger partial charge in [0, 0.05) is 19.6 Å². The van der Waals surface area contributed by atoms with E-state index in [9.17, 15) is 4.79 Å². The molecule has 1 saturated heterocycles. The van der Waals surface area contributed by atoms with E-state index in [1.54, 1.807) is 0 Å². The zero-order chi connectivity index (χ0) is 11.1. The van der Waals surface area contributed by atoms with Gasteiger partial charge < -0.3 is 5.11 Å². The van der Waals surface area contributed by atoms with Crippen LogP contribution < -0.4 is 0 Å². The topological polar surface area (TPSA) is 40.5 Å². The smallest absolute Gasteiger partial charge is 0.346 e. The lowest BCUT2D eigenvalue weighted by Gasteiger charge is -2.45. The molecule has 0 aromatic carbocycles. The minimum absolute atomic E-state index is 0.402. The second kappa shape index (κ2) is 3.61. The van der Waals surface area contributed by atoms with Gasteiger partial charge in [-0.25, -0.2) is 4.79 Å². The van der Waals surface area contributed by atoms with Crippen LogP contribution in [0, 0.1) is 5.41 Å². The van der Waals surface area contributed by atoms with Gasteiger partial charge in [-0.1, -0.05) is 13.8 Å². The number of carboxylic acids is 1. The number of likely N-dealkylation sites (tertiary alicyclic amines) is 1. The maximum Gasteiger partial charge on any atom is 0.346 e. The van der Waals surface area contributed by atoms with Gasteiger partial charge in [0.1, 0.15) is 4.88 Å². The van der Waals surface area contributed by atoms with E-state index in [-0.39, 0.29) is 0 Å². The third kappa shape index (κ3) is 2.21. The van der Waals surface area contributed by atoms with Gasteiger partial charge in [-0.15, -0.1) is 11.3 Å². The van der Waals surface area contributed by atoms with Crippen molar-refractivity contribution in [3.63, 3.8) is 0 Å². The lowest BCUT2D eigenvalue weighted by molar-refractivity contribution is 0.0240. The summed E-state index contributed by atoms with van der Waals surface area (Å²) in [6.45, 7) is 7.35. The first-order chi connectivity index (χ1) is 6.98. The molecule has 1 aliphatic heterocycles. The molecular weight excluding hydrogens is 210 g/mol. The fourth-order valence-electron chi connectivity index (χ4n) is 2.16. The molecule has 1 aliphatic rings. The lowest BCUT2D eigenvalue weighted by Crippen LogP contribution is -2.52. The highest BCUT2D eigenvalue weighted by atomic mass is 32.1. The third-order valence-corrected chi connectivity index (χ3v) is 3.58. The lowest BCUT2D eigenvalue weighted by atomic mass is 9.84.